The zero-order chi connectivity index (χ0) is 54.6. The number of primary amides is 1. The van der Waals surface area contributed by atoms with Crippen LogP contribution in [0.4, 0.5) is 0 Å². The maximum atomic E-state index is 14.3. The number of carbonyl (C=O) groups is 8. The SMILES string of the molecule is CCC[C@H](NC(=O)[C@H](CCCN=C(N)N)NC(=O)[C@@H]1CCCN1C(=O)[C@H](CCCN=C(N)N)NC(=O)[C@H](N)CCCCN)C(=O)N[C@@H](Cc1ccc(O)cc1)C(=O)N[C@@H](CN)C(=O)N[C@@H](CCC(C)C)C(N)=O. The van der Waals surface area contributed by atoms with Crippen molar-refractivity contribution in [3.05, 3.63) is 29.8 Å². The van der Waals surface area contributed by atoms with Crippen molar-refractivity contribution in [3.8, 4) is 5.75 Å². The first-order valence-electron chi connectivity index (χ1n) is 25.1. The van der Waals surface area contributed by atoms with Gasteiger partial charge in [0.1, 0.15) is 48.0 Å². The minimum absolute atomic E-state index is 0.0104. The number of amides is 8. The van der Waals surface area contributed by atoms with Crippen LogP contribution in [0.1, 0.15) is 110 Å². The lowest BCUT2D eigenvalue weighted by Crippen LogP contribution is -2.61. The molecule has 1 aliphatic heterocycles. The molecule has 410 valence electrons. The summed E-state index contributed by atoms with van der Waals surface area (Å²) in [5.41, 5.74) is 45.8. The van der Waals surface area contributed by atoms with Gasteiger partial charge >= 0.3 is 0 Å². The molecule has 73 heavy (non-hydrogen) atoms. The number of nitrogens with two attached hydrogens (primary N) is 8. The Morgan fingerprint density at radius 3 is 1.70 bits per heavy atom. The molecule has 23 N–H and O–H groups in total. The first-order valence-corrected chi connectivity index (χ1v) is 25.1. The third-order valence-electron chi connectivity index (χ3n) is 12.1. The Kier molecular flexibility index (Phi) is 28.2. The molecule has 8 atom stereocenters. The van der Waals surface area contributed by atoms with E-state index in [2.05, 4.69) is 41.9 Å². The largest absolute Gasteiger partial charge is 0.508 e. The highest BCUT2D eigenvalue weighted by atomic mass is 16.3. The standard InChI is InChI=1S/C47H83N17O9/c1-4-10-32(40(68)62-35(25-28-16-18-29(65)19-17-28)42(70)63-36(26-49)43(71)58-31(38(51)66)20-15-27(2)3)59-41(69)33(12-7-22-56-46(52)53)60-44(72)37-14-9-24-64(37)45(73)34(13-8-23-57-47(54)55)61-39(67)30(50)11-5-6-21-48/h16-19,27,30-37,65H,4-15,20-26,48-50H2,1-3H3,(H2,51,66)(H,58,71)(H,59,69)(H,60,72)(H,61,67)(H,62,68)(H,63,70)(H4,52,53,56)(H4,54,55,57)/t30-,31+,32+,33+,34+,35+,36+,37+/m1/s1. The molecule has 0 bridgehead atoms. The van der Waals surface area contributed by atoms with E-state index in [1.165, 1.54) is 29.2 Å². The molecule has 26 heteroatoms. The lowest BCUT2D eigenvalue weighted by Gasteiger charge is -2.30. The zero-order valence-electron chi connectivity index (χ0n) is 42.6. The fraction of sp³-hybridized carbons (Fsp3) is 0.660. The highest BCUT2D eigenvalue weighted by molar-refractivity contribution is 5.98. The van der Waals surface area contributed by atoms with Crippen molar-refractivity contribution in [3.63, 3.8) is 0 Å². The molecule has 0 radical (unpaired) electrons. The van der Waals surface area contributed by atoms with Gasteiger partial charge in [-0.05, 0) is 101 Å². The number of hydrogen-bond acceptors (Lipinski definition) is 14. The highest BCUT2D eigenvalue weighted by Gasteiger charge is 2.40. The lowest BCUT2D eigenvalue weighted by atomic mass is 10.0. The number of aromatic hydroxyl groups is 1. The van der Waals surface area contributed by atoms with Crippen LogP contribution in [0.2, 0.25) is 0 Å². The number of nitrogens with zero attached hydrogens (tertiary/aromatic N) is 3. The molecular weight excluding hydrogens is 947 g/mol. The van der Waals surface area contributed by atoms with E-state index in [1.54, 1.807) is 6.92 Å². The number of carbonyl (C=O) groups excluding carboxylic acids is 8. The summed E-state index contributed by atoms with van der Waals surface area (Å²) >= 11 is 0. The normalized spacial score (nSPS) is 16.0. The van der Waals surface area contributed by atoms with Crippen LogP contribution in [-0.4, -0.2) is 150 Å². The lowest BCUT2D eigenvalue weighted by molar-refractivity contribution is -0.142. The van der Waals surface area contributed by atoms with Crippen molar-refractivity contribution < 1.29 is 43.5 Å². The van der Waals surface area contributed by atoms with Gasteiger partial charge in [0.25, 0.3) is 0 Å². The number of unbranched alkanes of at least 4 members (excludes halogenated alkanes) is 1. The maximum Gasteiger partial charge on any atom is 0.245 e. The van der Waals surface area contributed by atoms with Gasteiger partial charge in [-0.2, -0.15) is 0 Å². The number of hydrogen-bond donors (Lipinski definition) is 15. The number of nitrogens with one attached hydrogen (secondary N) is 6. The zero-order valence-corrected chi connectivity index (χ0v) is 42.6. The molecule has 0 aliphatic carbocycles. The van der Waals surface area contributed by atoms with E-state index in [-0.39, 0.29) is 94.7 Å². The maximum absolute atomic E-state index is 14.3. The monoisotopic (exact) mass is 1030 g/mol. The quantitative estimate of drug-likeness (QED) is 0.0178. The first kappa shape index (κ1) is 62.3. The first-order chi connectivity index (χ1) is 34.6. The summed E-state index contributed by atoms with van der Waals surface area (Å²) in [6.07, 6.45) is 4.03. The number of phenols is 1. The van der Waals surface area contributed by atoms with Gasteiger partial charge in [0.15, 0.2) is 11.9 Å². The molecule has 1 fully saturated rings. The van der Waals surface area contributed by atoms with Gasteiger partial charge in [0.05, 0.1) is 6.04 Å². The van der Waals surface area contributed by atoms with Gasteiger partial charge in [-0.1, -0.05) is 45.7 Å². The third kappa shape index (κ3) is 23.1. The molecule has 0 unspecified atom stereocenters. The minimum Gasteiger partial charge on any atom is -0.508 e. The molecule has 0 aromatic heterocycles. The predicted molar refractivity (Wildman–Crippen MR) is 276 cm³/mol. The topological polar surface area (TPSA) is 465 Å². The van der Waals surface area contributed by atoms with Crippen molar-refractivity contribution in [2.24, 2.45) is 61.8 Å². The fourth-order valence-electron chi connectivity index (χ4n) is 7.96. The van der Waals surface area contributed by atoms with Crippen molar-refractivity contribution in [1.29, 1.82) is 0 Å². The predicted octanol–water partition coefficient (Wildman–Crippen LogP) is -3.92. The van der Waals surface area contributed by atoms with Crippen molar-refractivity contribution in [1.82, 2.24) is 36.8 Å². The van der Waals surface area contributed by atoms with E-state index >= 15 is 0 Å². The number of guanidine groups is 2. The molecule has 1 saturated heterocycles. The molecule has 0 spiro atoms. The van der Waals surface area contributed by atoms with Crippen LogP contribution in [0, 0.1) is 5.92 Å². The third-order valence-corrected chi connectivity index (χ3v) is 12.1. The average molecular weight is 1030 g/mol. The summed E-state index contributed by atoms with van der Waals surface area (Å²) in [5.74, 6) is -5.85. The summed E-state index contributed by atoms with van der Waals surface area (Å²) in [5, 5.41) is 26.0. The van der Waals surface area contributed by atoms with Crippen LogP contribution in [-0.2, 0) is 44.8 Å². The number of benzene rings is 1. The Morgan fingerprint density at radius 2 is 1.15 bits per heavy atom. The second kappa shape index (κ2) is 33.0. The molecule has 2 rings (SSSR count). The van der Waals surface area contributed by atoms with Gasteiger partial charge in [0.2, 0.25) is 47.3 Å². The number of phenolic OH excluding ortho intramolecular Hbond substituents is 1. The summed E-state index contributed by atoms with van der Waals surface area (Å²) in [6.45, 7) is 6.12. The van der Waals surface area contributed by atoms with E-state index in [0.29, 0.717) is 57.1 Å². The highest BCUT2D eigenvalue weighted by Crippen LogP contribution is 2.21. The van der Waals surface area contributed by atoms with Crippen LogP contribution < -0.4 is 77.8 Å². The van der Waals surface area contributed by atoms with Crippen LogP contribution in [0.3, 0.4) is 0 Å². The van der Waals surface area contributed by atoms with Gasteiger partial charge in [0, 0.05) is 32.6 Å². The molecule has 1 aromatic carbocycles. The minimum atomic E-state index is -1.36. The van der Waals surface area contributed by atoms with Gasteiger partial charge in [-0.25, -0.2) is 0 Å². The summed E-state index contributed by atoms with van der Waals surface area (Å²) in [4.78, 5) is 119. The van der Waals surface area contributed by atoms with Crippen LogP contribution in [0.15, 0.2) is 34.3 Å². The van der Waals surface area contributed by atoms with E-state index in [4.69, 9.17) is 45.9 Å². The van der Waals surface area contributed by atoms with Gasteiger partial charge in [-0.3, -0.25) is 48.3 Å². The summed E-state index contributed by atoms with van der Waals surface area (Å²) in [7, 11) is 0. The van der Waals surface area contributed by atoms with E-state index in [0.717, 1.165) is 0 Å². The molecule has 0 saturated carbocycles. The number of rotatable bonds is 34. The molecule has 26 nitrogen and oxygen atoms in total. The van der Waals surface area contributed by atoms with E-state index in [9.17, 15) is 43.5 Å². The Labute approximate surface area is 427 Å². The number of aliphatic imine (C=N–C) groups is 2. The Bertz CT molecular complexity index is 2010. The Balaban J connectivity index is 2.40. The van der Waals surface area contributed by atoms with Crippen molar-refractivity contribution in [2.45, 2.75) is 159 Å². The summed E-state index contributed by atoms with van der Waals surface area (Å²) < 4.78 is 0. The van der Waals surface area contributed by atoms with Gasteiger partial charge in [-0.15, -0.1) is 0 Å². The van der Waals surface area contributed by atoms with Crippen molar-refractivity contribution in [2.75, 3.05) is 32.7 Å². The second-order valence-electron chi connectivity index (χ2n) is 18.6. The Hall–Kier alpha value is -6.80. The van der Waals surface area contributed by atoms with Crippen LogP contribution in [0.25, 0.3) is 0 Å². The molecule has 1 heterocycles. The van der Waals surface area contributed by atoms with Crippen LogP contribution in [0.5, 0.6) is 5.75 Å². The van der Waals surface area contributed by atoms with Crippen molar-refractivity contribution >= 4 is 59.2 Å². The van der Waals surface area contributed by atoms with E-state index in [1.807, 2.05) is 13.8 Å². The molecule has 1 aromatic rings. The molecular formula is C47H83N17O9. The number of likely N-dealkylation sites (tertiary alicyclic amines) is 1. The molecule has 8 amide bonds. The fourth-order valence-corrected chi connectivity index (χ4v) is 7.96. The Morgan fingerprint density at radius 1 is 0.630 bits per heavy atom. The summed E-state index contributed by atoms with van der Waals surface area (Å²) in [6, 6.07) is -3.48. The smallest absolute Gasteiger partial charge is 0.245 e. The van der Waals surface area contributed by atoms with Gasteiger partial charge < -0.3 is 87.8 Å². The molecule has 1 aliphatic rings. The van der Waals surface area contributed by atoms with E-state index < -0.39 is 95.6 Å². The average Bonchev–Trinajstić information content (AvgIpc) is 3.84. The second-order valence-corrected chi connectivity index (χ2v) is 18.6. The van der Waals surface area contributed by atoms with Crippen LogP contribution >= 0.6 is 0 Å².